The fourth-order valence-electron chi connectivity index (χ4n) is 3.41. The number of hydrogen-bond donors (Lipinski definition) is 1. The lowest BCUT2D eigenvalue weighted by molar-refractivity contribution is -0.142. The van der Waals surface area contributed by atoms with E-state index in [4.69, 9.17) is 4.74 Å². The molecule has 0 bridgehead atoms. The van der Waals surface area contributed by atoms with Gasteiger partial charge in [0, 0.05) is 50.0 Å². The average Bonchev–Trinajstić information content (AvgIpc) is 3.26. The number of carbonyl (C=O) groups is 1. The zero-order valence-electron chi connectivity index (χ0n) is 16.4. The summed E-state index contributed by atoms with van der Waals surface area (Å²) < 4.78 is 19.2. The fraction of sp³-hybridized carbons (Fsp3) is 0.600. The Hall–Kier alpha value is -1.80. The molecule has 1 aromatic rings. The summed E-state index contributed by atoms with van der Waals surface area (Å²) in [6, 6.07) is 6.81. The summed E-state index contributed by atoms with van der Waals surface area (Å²) in [6.45, 7) is 7.01. The number of carbonyl (C=O) groups excluding carboxylic acids is 1. The molecule has 1 atom stereocenters. The second-order valence-electron chi connectivity index (χ2n) is 6.83. The van der Waals surface area contributed by atoms with E-state index in [0.717, 1.165) is 38.4 Å². The standard InChI is InChI=1S/C20H29FN4O2S/c1-2-22-20(23-9-15-28-18-8-4-3-6-16(18)21)25-12-10-24(11-13-25)19(26)17-7-5-14-27-17/h3-4,6,8,17H,2,5,7,9-15H2,1H3,(H,22,23). The first-order valence-electron chi connectivity index (χ1n) is 10.00. The number of aliphatic imine (C=N–C) groups is 1. The van der Waals surface area contributed by atoms with Crippen molar-refractivity contribution in [2.75, 3.05) is 51.6 Å². The number of guanidine groups is 1. The molecule has 2 fully saturated rings. The monoisotopic (exact) mass is 408 g/mol. The first-order valence-corrected chi connectivity index (χ1v) is 11.0. The number of piperazine rings is 1. The Morgan fingerprint density at radius 1 is 1.29 bits per heavy atom. The maximum absolute atomic E-state index is 13.7. The molecule has 0 aromatic heterocycles. The van der Waals surface area contributed by atoms with Crippen LogP contribution in [0, 0.1) is 5.82 Å². The topological polar surface area (TPSA) is 57.2 Å². The number of halogens is 1. The summed E-state index contributed by atoms with van der Waals surface area (Å²) in [6.07, 6.45) is 1.56. The third kappa shape index (κ3) is 5.61. The van der Waals surface area contributed by atoms with Gasteiger partial charge in [0.2, 0.25) is 0 Å². The van der Waals surface area contributed by atoms with Gasteiger partial charge in [-0.05, 0) is 31.9 Å². The molecule has 1 unspecified atom stereocenters. The largest absolute Gasteiger partial charge is 0.368 e. The minimum Gasteiger partial charge on any atom is -0.368 e. The smallest absolute Gasteiger partial charge is 0.251 e. The zero-order valence-corrected chi connectivity index (χ0v) is 17.2. The summed E-state index contributed by atoms with van der Waals surface area (Å²) in [7, 11) is 0. The van der Waals surface area contributed by atoms with Crippen LogP contribution in [0.15, 0.2) is 34.2 Å². The van der Waals surface area contributed by atoms with E-state index < -0.39 is 0 Å². The van der Waals surface area contributed by atoms with Gasteiger partial charge in [-0.2, -0.15) is 0 Å². The van der Waals surface area contributed by atoms with Crippen molar-refractivity contribution in [3.05, 3.63) is 30.1 Å². The van der Waals surface area contributed by atoms with Crippen LogP contribution in [0.5, 0.6) is 0 Å². The molecule has 8 heteroatoms. The molecule has 6 nitrogen and oxygen atoms in total. The van der Waals surface area contributed by atoms with E-state index in [2.05, 4.69) is 15.2 Å². The quantitative estimate of drug-likeness (QED) is 0.339. The second kappa shape index (κ2) is 10.7. The summed E-state index contributed by atoms with van der Waals surface area (Å²) in [5.41, 5.74) is 0. The van der Waals surface area contributed by atoms with Gasteiger partial charge in [-0.3, -0.25) is 9.79 Å². The van der Waals surface area contributed by atoms with Crippen molar-refractivity contribution in [1.82, 2.24) is 15.1 Å². The van der Waals surface area contributed by atoms with E-state index in [1.807, 2.05) is 17.9 Å². The first kappa shape index (κ1) is 20.9. The van der Waals surface area contributed by atoms with E-state index in [1.165, 1.54) is 17.8 Å². The molecule has 1 N–H and O–H groups in total. The van der Waals surface area contributed by atoms with E-state index >= 15 is 0 Å². The number of amides is 1. The van der Waals surface area contributed by atoms with Crippen molar-refractivity contribution < 1.29 is 13.9 Å². The molecular formula is C20H29FN4O2S. The maximum Gasteiger partial charge on any atom is 0.251 e. The molecule has 0 saturated carbocycles. The molecule has 1 amide bonds. The van der Waals surface area contributed by atoms with Crippen molar-refractivity contribution in [1.29, 1.82) is 0 Å². The lowest BCUT2D eigenvalue weighted by Gasteiger charge is -2.37. The van der Waals surface area contributed by atoms with E-state index in [-0.39, 0.29) is 17.8 Å². The van der Waals surface area contributed by atoms with Gasteiger partial charge in [0.25, 0.3) is 5.91 Å². The number of nitrogens with one attached hydrogen (secondary N) is 1. The zero-order chi connectivity index (χ0) is 19.8. The maximum atomic E-state index is 13.7. The molecule has 3 rings (SSSR count). The molecule has 2 heterocycles. The highest BCUT2D eigenvalue weighted by Gasteiger charge is 2.30. The van der Waals surface area contributed by atoms with Gasteiger partial charge in [0.15, 0.2) is 5.96 Å². The molecule has 0 spiro atoms. The molecule has 154 valence electrons. The molecule has 0 radical (unpaired) electrons. The fourth-order valence-corrected chi connectivity index (χ4v) is 4.19. The lowest BCUT2D eigenvalue weighted by atomic mass is 10.2. The van der Waals surface area contributed by atoms with Gasteiger partial charge >= 0.3 is 0 Å². The van der Waals surface area contributed by atoms with Gasteiger partial charge in [0.1, 0.15) is 11.9 Å². The number of rotatable bonds is 6. The summed E-state index contributed by atoms with van der Waals surface area (Å²) in [4.78, 5) is 21.9. The Morgan fingerprint density at radius 2 is 2.04 bits per heavy atom. The summed E-state index contributed by atoms with van der Waals surface area (Å²) >= 11 is 1.48. The number of thioether (sulfide) groups is 1. The third-order valence-corrected chi connectivity index (χ3v) is 5.91. The van der Waals surface area contributed by atoms with Crippen LogP contribution in [0.2, 0.25) is 0 Å². The number of benzene rings is 1. The van der Waals surface area contributed by atoms with Crippen LogP contribution in [0.1, 0.15) is 19.8 Å². The Kier molecular flexibility index (Phi) is 7.97. The highest BCUT2D eigenvalue weighted by atomic mass is 32.2. The molecular weight excluding hydrogens is 379 g/mol. The first-order chi connectivity index (χ1) is 13.7. The molecule has 0 aliphatic carbocycles. The van der Waals surface area contributed by atoms with E-state index in [1.54, 1.807) is 12.1 Å². The predicted octanol–water partition coefficient (Wildman–Crippen LogP) is 2.21. The Balaban J connectivity index is 1.47. The minimum absolute atomic E-state index is 0.125. The van der Waals surface area contributed by atoms with Crippen LogP contribution in [-0.2, 0) is 9.53 Å². The van der Waals surface area contributed by atoms with Gasteiger partial charge < -0.3 is 19.9 Å². The van der Waals surface area contributed by atoms with Crippen LogP contribution in [0.3, 0.4) is 0 Å². The summed E-state index contributed by atoms with van der Waals surface area (Å²) in [5.74, 6) is 1.52. The van der Waals surface area contributed by atoms with Crippen molar-refractivity contribution in [2.24, 2.45) is 4.99 Å². The van der Waals surface area contributed by atoms with Crippen LogP contribution in [-0.4, -0.2) is 79.4 Å². The molecule has 28 heavy (non-hydrogen) atoms. The Labute approximate surface area is 170 Å². The average molecular weight is 409 g/mol. The van der Waals surface area contributed by atoms with Crippen molar-refractivity contribution in [3.63, 3.8) is 0 Å². The SMILES string of the molecule is CCNC(=NCCSc1ccccc1F)N1CCN(C(=O)C2CCCO2)CC1. The molecule has 2 aliphatic rings. The van der Waals surface area contributed by atoms with Crippen molar-refractivity contribution in [3.8, 4) is 0 Å². The minimum atomic E-state index is -0.246. The van der Waals surface area contributed by atoms with Crippen molar-refractivity contribution >= 4 is 23.6 Å². The normalized spacial score (nSPS) is 20.5. The number of hydrogen-bond acceptors (Lipinski definition) is 4. The van der Waals surface area contributed by atoms with Gasteiger partial charge in [-0.15, -0.1) is 11.8 Å². The van der Waals surface area contributed by atoms with Crippen molar-refractivity contribution in [2.45, 2.75) is 30.8 Å². The molecule has 2 aliphatic heterocycles. The molecule has 1 aromatic carbocycles. The van der Waals surface area contributed by atoms with Crippen LogP contribution in [0.4, 0.5) is 4.39 Å². The summed E-state index contributed by atoms with van der Waals surface area (Å²) in [5, 5.41) is 3.33. The second-order valence-corrected chi connectivity index (χ2v) is 7.97. The third-order valence-electron chi connectivity index (χ3n) is 4.88. The Morgan fingerprint density at radius 3 is 2.71 bits per heavy atom. The number of ether oxygens (including phenoxy) is 1. The van der Waals surface area contributed by atoms with Crippen LogP contribution < -0.4 is 5.32 Å². The highest BCUT2D eigenvalue weighted by Crippen LogP contribution is 2.21. The van der Waals surface area contributed by atoms with E-state index in [0.29, 0.717) is 36.9 Å². The highest BCUT2D eigenvalue weighted by molar-refractivity contribution is 7.99. The molecule has 2 saturated heterocycles. The van der Waals surface area contributed by atoms with Crippen LogP contribution >= 0.6 is 11.8 Å². The number of nitrogens with zero attached hydrogens (tertiary/aromatic N) is 3. The van der Waals surface area contributed by atoms with Crippen LogP contribution in [0.25, 0.3) is 0 Å². The van der Waals surface area contributed by atoms with E-state index in [9.17, 15) is 9.18 Å². The van der Waals surface area contributed by atoms with Gasteiger partial charge in [-0.1, -0.05) is 12.1 Å². The Bertz CT molecular complexity index is 674. The van der Waals surface area contributed by atoms with Gasteiger partial charge in [-0.25, -0.2) is 4.39 Å². The lowest BCUT2D eigenvalue weighted by Crippen LogP contribution is -2.55. The van der Waals surface area contributed by atoms with Gasteiger partial charge in [0.05, 0.1) is 6.54 Å². The predicted molar refractivity (Wildman–Crippen MR) is 110 cm³/mol.